The Hall–Kier alpha value is -3.16. The summed E-state index contributed by atoms with van der Waals surface area (Å²) in [5.41, 5.74) is 1.86. The molecule has 0 saturated carbocycles. The van der Waals surface area contributed by atoms with Crippen molar-refractivity contribution in [2.24, 2.45) is 0 Å². The summed E-state index contributed by atoms with van der Waals surface area (Å²) in [7, 11) is 3.17. The van der Waals surface area contributed by atoms with E-state index in [2.05, 4.69) is 5.10 Å². The molecule has 2 heterocycles. The van der Waals surface area contributed by atoms with Gasteiger partial charge in [-0.2, -0.15) is 5.10 Å². The van der Waals surface area contributed by atoms with Gasteiger partial charge in [0.1, 0.15) is 16.4 Å². The van der Waals surface area contributed by atoms with E-state index in [9.17, 15) is 4.79 Å². The summed E-state index contributed by atoms with van der Waals surface area (Å²) < 4.78 is 12.8. The first-order valence-electron chi connectivity index (χ1n) is 10.0. The number of para-hydroxylation sites is 2. The van der Waals surface area contributed by atoms with Crippen LogP contribution < -0.4 is 9.47 Å². The molecule has 0 unspecified atom stereocenters. The minimum absolute atomic E-state index is 0.0217. The highest BCUT2D eigenvalue weighted by atomic mass is 35.5. The van der Waals surface area contributed by atoms with Gasteiger partial charge in [0.25, 0.3) is 0 Å². The van der Waals surface area contributed by atoms with Crippen LogP contribution in [0.25, 0.3) is 11.3 Å². The number of carbonyl (C=O) groups is 1. The van der Waals surface area contributed by atoms with Crippen LogP contribution in [0, 0.1) is 0 Å². The van der Waals surface area contributed by atoms with Crippen LogP contribution in [0.1, 0.15) is 33.2 Å². The first kappa shape index (κ1) is 22.0. The summed E-state index contributed by atoms with van der Waals surface area (Å²) in [6.45, 7) is 2.04. The number of rotatable bonds is 8. The minimum Gasteiger partial charge on any atom is -0.496 e. The fourth-order valence-corrected chi connectivity index (χ4v) is 4.78. The van der Waals surface area contributed by atoms with E-state index in [1.165, 1.54) is 11.3 Å². The predicted octanol–water partition coefficient (Wildman–Crippen LogP) is 5.71. The van der Waals surface area contributed by atoms with Gasteiger partial charge in [0.05, 0.1) is 47.7 Å². The quantitative estimate of drug-likeness (QED) is 0.310. The molecule has 0 aliphatic carbocycles. The fraction of sp³-hybridized carbons (Fsp3) is 0.208. The van der Waals surface area contributed by atoms with Crippen molar-refractivity contribution >= 4 is 28.7 Å². The van der Waals surface area contributed by atoms with E-state index in [1.54, 1.807) is 43.4 Å². The maximum Gasteiger partial charge on any atom is 0.208 e. The van der Waals surface area contributed by atoms with E-state index in [0.717, 1.165) is 10.6 Å². The molecule has 0 saturated heterocycles. The SMILES string of the molecule is COc1ccccc1C(=O)c1sc(C[C@@H](C)n2cc(Cl)cn2)nc1-c1ccccc1OC. The lowest BCUT2D eigenvalue weighted by molar-refractivity contribution is 0.104. The van der Waals surface area contributed by atoms with Crippen LogP contribution in [0.15, 0.2) is 60.9 Å². The summed E-state index contributed by atoms with van der Waals surface area (Å²) in [5.74, 6) is 1.05. The molecule has 2 aromatic heterocycles. The Labute approximate surface area is 195 Å². The Bertz CT molecular complexity index is 1250. The molecule has 32 heavy (non-hydrogen) atoms. The minimum atomic E-state index is -0.137. The summed E-state index contributed by atoms with van der Waals surface area (Å²) in [5, 5.41) is 5.69. The third kappa shape index (κ3) is 4.40. The average molecular weight is 468 g/mol. The van der Waals surface area contributed by atoms with E-state index in [-0.39, 0.29) is 11.8 Å². The second kappa shape index (κ2) is 9.54. The summed E-state index contributed by atoms with van der Waals surface area (Å²) in [6.07, 6.45) is 3.99. The summed E-state index contributed by atoms with van der Waals surface area (Å²) in [6, 6.07) is 14.8. The van der Waals surface area contributed by atoms with Crippen LogP contribution in [0.5, 0.6) is 11.5 Å². The second-order valence-electron chi connectivity index (χ2n) is 7.21. The number of nitrogens with zero attached hydrogens (tertiary/aromatic N) is 3. The first-order chi connectivity index (χ1) is 15.5. The van der Waals surface area contributed by atoms with Gasteiger partial charge in [-0.25, -0.2) is 4.98 Å². The third-order valence-electron chi connectivity index (χ3n) is 5.08. The monoisotopic (exact) mass is 467 g/mol. The normalized spacial score (nSPS) is 11.9. The molecule has 0 fully saturated rings. The maximum absolute atomic E-state index is 13.6. The fourth-order valence-electron chi connectivity index (χ4n) is 3.49. The molecule has 0 amide bonds. The molecule has 2 aromatic carbocycles. The van der Waals surface area contributed by atoms with Gasteiger partial charge < -0.3 is 9.47 Å². The lowest BCUT2D eigenvalue weighted by Crippen LogP contribution is -2.08. The zero-order valence-corrected chi connectivity index (χ0v) is 19.5. The van der Waals surface area contributed by atoms with E-state index in [1.807, 2.05) is 43.3 Å². The first-order valence-corrected chi connectivity index (χ1v) is 11.2. The molecule has 0 aliphatic rings. The molecule has 0 bridgehead atoms. The number of ketones is 1. The topological polar surface area (TPSA) is 66.2 Å². The van der Waals surface area contributed by atoms with Crippen LogP contribution in [-0.2, 0) is 6.42 Å². The molecular formula is C24H22ClN3O3S. The van der Waals surface area contributed by atoms with Crippen molar-refractivity contribution in [2.75, 3.05) is 14.2 Å². The average Bonchev–Trinajstić information content (AvgIpc) is 3.44. The van der Waals surface area contributed by atoms with Crippen LogP contribution >= 0.6 is 22.9 Å². The van der Waals surface area contributed by atoms with Crippen molar-refractivity contribution in [1.82, 2.24) is 14.8 Å². The van der Waals surface area contributed by atoms with Gasteiger partial charge in [0.2, 0.25) is 5.78 Å². The van der Waals surface area contributed by atoms with E-state index >= 15 is 0 Å². The molecular weight excluding hydrogens is 446 g/mol. The molecule has 4 rings (SSSR count). The molecule has 8 heteroatoms. The highest BCUT2D eigenvalue weighted by Crippen LogP contribution is 2.37. The van der Waals surface area contributed by atoms with Crippen molar-refractivity contribution in [2.45, 2.75) is 19.4 Å². The molecule has 0 spiro atoms. The molecule has 0 aliphatic heterocycles. The molecule has 164 valence electrons. The third-order valence-corrected chi connectivity index (χ3v) is 6.35. The molecule has 1 atom stereocenters. The Morgan fingerprint density at radius 3 is 2.47 bits per heavy atom. The largest absolute Gasteiger partial charge is 0.496 e. The summed E-state index contributed by atoms with van der Waals surface area (Å²) >= 11 is 7.40. The second-order valence-corrected chi connectivity index (χ2v) is 8.73. The molecule has 0 N–H and O–H groups in total. The smallest absolute Gasteiger partial charge is 0.208 e. The van der Waals surface area contributed by atoms with Gasteiger partial charge >= 0.3 is 0 Å². The van der Waals surface area contributed by atoms with Crippen molar-refractivity contribution in [3.05, 3.63) is 81.4 Å². The van der Waals surface area contributed by atoms with Crippen LogP contribution in [0.2, 0.25) is 5.02 Å². The zero-order valence-electron chi connectivity index (χ0n) is 17.9. The Morgan fingerprint density at radius 2 is 1.78 bits per heavy atom. The Balaban J connectivity index is 1.79. The van der Waals surface area contributed by atoms with Crippen molar-refractivity contribution in [3.63, 3.8) is 0 Å². The van der Waals surface area contributed by atoms with Crippen molar-refractivity contribution in [1.29, 1.82) is 0 Å². The van der Waals surface area contributed by atoms with Gasteiger partial charge in [-0.05, 0) is 31.2 Å². The Morgan fingerprint density at radius 1 is 1.09 bits per heavy atom. The number of ether oxygens (including phenoxy) is 2. The van der Waals surface area contributed by atoms with E-state index in [4.69, 9.17) is 26.1 Å². The van der Waals surface area contributed by atoms with Crippen molar-refractivity contribution in [3.8, 4) is 22.8 Å². The van der Waals surface area contributed by atoms with Gasteiger partial charge in [-0.15, -0.1) is 11.3 Å². The number of benzene rings is 2. The number of halogens is 1. The van der Waals surface area contributed by atoms with Gasteiger partial charge in [0.15, 0.2) is 0 Å². The van der Waals surface area contributed by atoms with Gasteiger partial charge in [-0.3, -0.25) is 9.48 Å². The number of carbonyl (C=O) groups excluding carboxylic acids is 1. The van der Waals surface area contributed by atoms with Crippen molar-refractivity contribution < 1.29 is 14.3 Å². The van der Waals surface area contributed by atoms with E-state index < -0.39 is 0 Å². The predicted molar refractivity (Wildman–Crippen MR) is 126 cm³/mol. The molecule has 6 nitrogen and oxygen atoms in total. The number of aromatic nitrogens is 3. The van der Waals surface area contributed by atoms with Gasteiger partial charge in [0, 0.05) is 18.2 Å². The lowest BCUT2D eigenvalue weighted by Gasteiger charge is -2.09. The van der Waals surface area contributed by atoms with Gasteiger partial charge in [-0.1, -0.05) is 35.9 Å². The van der Waals surface area contributed by atoms with E-state index in [0.29, 0.717) is 39.1 Å². The molecule has 0 radical (unpaired) electrons. The number of hydrogen-bond acceptors (Lipinski definition) is 6. The zero-order chi connectivity index (χ0) is 22.7. The summed E-state index contributed by atoms with van der Waals surface area (Å²) in [4.78, 5) is 19.0. The van der Waals surface area contributed by atoms with Crippen LogP contribution in [0.3, 0.4) is 0 Å². The lowest BCUT2D eigenvalue weighted by atomic mass is 10.0. The highest BCUT2D eigenvalue weighted by molar-refractivity contribution is 7.14. The number of thiazole rings is 1. The number of hydrogen-bond donors (Lipinski definition) is 0. The maximum atomic E-state index is 13.6. The standard InChI is InChI=1S/C24H22ClN3O3S/c1-15(28-14-16(25)13-26-28)12-21-27-22(17-8-4-6-10-19(17)30-2)24(32-21)23(29)18-9-5-7-11-20(18)31-3/h4-11,13-15H,12H2,1-3H3/t15-/m1/s1. The van der Waals surface area contributed by atoms with Crippen LogP contribution in [-0.4, -0.2) is 34.8 Å². The Kier molecular flexibility index (Phi) is 6.58. The number of methoxy groups -OCH3 is 2. The van der Waals surface area contributed by atoms with Crippen LogP contribution in [0.4, 0.5) is 0 Å². The highest BCUT2D eigenvalue weighted by Gasteiger charge is 2.25. The molecule has 4 aromatic rings.